The Kier molecular flexibility index (Phi) is 13.3. The van der Waals surface area contributed by atoms with Gasteiger partial charge in [-0.25, -0.2) is 4.98 Å². The monoisotopic (exact) mass is 614 g/mol. The lowest BCUT2D eigenvalue weighted by molar-refractivity contribution is -0.136. The first kappa shape index (κ1) is 36.2. The Hall–Kier alpha value is -4.00. The van der Waals surface area contributed by atoms with E-state index in [9.17, 15) is 18.0 Å². The number of aliphatic carboxylic acids is 1. The summed E-state index contributed by atoms with van der Waals surface area (Å²) in [6.07, 6.45) is 16.6. The molecule has 240 valence electrons. The third-order valence-corrected chi connectivity index (χ3v) is 7.76. The van der Waals surface area contributed by atoms with Crippen molar-refractivity contribution in [3.63, 3.8) is 0 Å². The lowest BCUT2D eigenvalue weighted by Gasteiger charge is -2.46. The number of hydrogen-bond donors (Lipinski definition) is 2. The molecule has 4 aliphatic rings. The SMILES string of the molecule is C#C.C/C=C\C1=C(C)OC2(CCN(c3ccc(C4=NC5C=CC(C(F)(F)F)=CC5N4)cn3)CC2)CC1C.CC.CCC(=O)O. The summed E-state index contributed by atoms with van der Waals surface area (Å²) in [6, 6.07) is 3.07. The molecule has 0 saturated carbocycles. The van der Waals surface area contributed by atoms with E-state index in [1.54, 1.807) is 13.1 Å². The zero-order valence-electron chi connectivity index (χ0n) is 26.5. The number of amidine groups is 1. The Bertz CT molecular complexity index is 1280. The lowest BCUT2D eigenvalue weighted by Crippen LogP contribution is -2.48. The summed E-state index contributed by atoms with van der Waals surface area (Å²) in [4.78, 5) is 20.8. The molecule has 0 aromatic carbocycles. The van der Waals surface area contributed by atoms with E-state index in [0.717, 1.165) is 55.6 Å². The van der Waals surface area contributed by atoms with Crippen LogP contribution in [0.15, 0.2) is 70.6 Å². The molecule has 44 heavy (non-hydrogen) atoms. The van der Waals surface area contributed by atoms with Gasteiger partial charge in [0.05, 0.1) is 23.4 Å². The normalized spacial score (nSPS) is 23.3. The van der Waals surface area contributed by atoms with Crippen molar-refractivity contribution in [2.75, 3.05) is 18.0 Å². The molecule has 1 aromatic rings. The molecule has 4 heterocycles. The van der Waals surface area contributed by atoms with Crippen molar-refractivity contribution >= 4 is 17.6 Å². The maximum Gasteiger partial charge on any atom is 0.416 e. The van der Waals surface area contributed by atoms with Gasteiger partial charge in [-0.05, 0) is 50.0 Å². The van der Waals surface area contributed by atoms with Crippen molar-refractivity contribution in [3.8, 4) is 12.8 Å². The van der Waals surface area contributed by atoms with Crippen molar-refractivity contribution in [1.82, 2.24) is 10.3 Å². The van der Waals surface area contributed by atoms with Gasteiger partial charge in [0.2, 0.25) is 0 Å². The van der Waals surface area contributed by atoms with Gasteiger partial charge >= 0.3 is 12.1 Å². The van der Waals surface area contributed by atoms with Crippen molar-refractivity contribution < 1.29 is 27.8 Å². The fourth-order valence-electron chi connectivity index (χ4n) is 5.68. The maximum atomic E-state index is 13.0. The molecule has 2 N–H and O–H groups in total. The van der Waals surface area contributed by atoms with Gasteiger partial charge in [0.25, 0.3) is 0 Å². The third kappa shape index (κ3) is 9.01. The molecule has 1 aliphatic carbocycles. The number of carboxylic acid groups (broad SMARTS) is 1. The van der Waals surface area contributed by atoms with E-state index in [2.05, 4.69) is 59.0 Å². The Morgan fingerprint density at radius 2 is 1.89 bits per heavy atom. The number of terminal acetylenes is 1. The van der Waals surface area contributed by atoms with Crippen LogP contribution in [0.25, 0.3) is 0 Å². The van der Waals surface area contributed by atoms with E-state index in [1.165, 1.54) is 17.7 Å². The number of alkyl halides is 3. The zero-order chi connectivity index (χ0) is 33.1. The first-order valence-corrected chi connectivity index (χ1v) is 15.0. The Morgan fingerprint density at radius 1 is 1.25 bits per heavy atom. The molecule has 5 rings (SSSR count). The highest BCUT2D eigenvalue weighted by molar-refractivity contribution is 6.00. The lowest BCUT2D eigenvalue weighted by atomic mass is 9.78. The topological polar surface area (TPSA) is 87.0 Å². The second kappa shape index (κ2) is 16.2. The Labute approximate surface area is 259 Å². The predicted octanol–water partition coefficient (Wildman–Crippen LogP) is 7.23. The molecule has 3 unspecified atom stereocenters. The summed E-state index contributed by atoms with van der Waals surface area (Å²) in [6.45, 7) is 13.7. The van der Waals surface area contributed by atoms with Crippen LogP contribution in [0.2, 0.25) is 0 Å². The number of anilines is 1. The number of aliphatic imine (C=N–C) groups is 1. The quantitative estimate of drug-likeness (QED) is 0.348. The summed E-state index contributed by atoms with van der Waals surface area (Å²) in [7, 11) is 0. The van der Waals surface area contributed by atoms with E-state index >= 15 is 0 Å². The molecular formula is C34H45F3N4O3. The largest absolute Gasteiger partial charge is 0.491 e. The number of aromatic nitrogens is 1. The fraction of sp³-hybridized carbons (Fsp3) is 0.500. The average Bonchev–Trinajstić information content (AvgIpc) is 3.45. The number of ether oxygens (including phenoxy) is 1. The summed E-state index contributed by atoms with van der Waals surface area (Å²) in [5.41, 5.74) is 1.31. The van der Waals surface area contributed by atoms with Crippen LogP contribution in [0.4, 0.5) is 19.0 Å². The number of hydrogen-bond acceptors (Lipinski definition) is 6. The molecule has 10 heteroatoms. The average molecular weight is 615 g/mol. The number of nitrogens with zero attached hydrogens (tertiary/aromatic N) is 3. The molecule has 1 fully saturated rings. The minimum Gasteiger partial charge on any atom is -0.491 e. The van der Waals surface area contributed by atoms with Crippen molar-refractivity contribution in [1.29, 1.82) is 0 Å². The number of rotatable bonds is 4. The van der Waals surface area contributed by atoms with E-state index in [1.807, 2.05) is 32.9 Å². The molecule has 7 nitrogen and oxygen atoms in total. The predicted molar refractivity (Wildman–Crippen MR) is 170 cm³/mol. The molecule has 0 bridgehead atoms. The molecule has 0 amide bonds. The van der Waals surface area contributed by atoms with Crippen LogP contribution >= 0.6 is 0 Å². The Morgan fingerprint density at radius 3 is 2.39 bits per heavy atom. The molecular weight excluding hydrogens is 569 g/mol. The second-order valence-corrected chi connectivity index (χ2v) is 10.7. The van der Waals surface area contributed by atoms with Gasteiger partial charge in [-0.15, -0.1) is 12.8 Å². The van der Waals surface area contributed by atoms with Crippen LogP contribution in [0.1, 0.15) is 72.8 Å². The van der Waals surface area contributed by atoms with Crippen LogP contribution in [-0.4, -0.2) is 58.8 Å². The highest BCUT2D eigenvalue weighted by Crippen LogP contribution is 2.42. The molecule has 3 aliphatic heterocycles. The highest BCUT2D eigenvalue weighted by Gasteiger charge is 2.42. The van der Waals surface area contributed by atoms with Gasteiger partial charge in [-0.1, -0.05) is 52.0 Å². The van der Waals surface area contributed by atoms with Crippen LogP contribution in [0.3, 0.4) is 0 Å². The standard InChI is InChI=1S/C27H31F3N4O.C3H6O2.C2H6.C2H2/c1-4-5-21-17(2)15-26(35-18(21)3)10-12-34(13-11-26)24-9-6-19(16-31-24)25-32-22-8-7-20(27(28,29)30)14-23(22)33-25;1-2-3(4)5;2*1-2/h4-9,14,16-17,22-23H,10-13,15H2,1-3H3,(H,32,33);2H2,1H3,(H,4,5);1-2H3;1-2H/b5-4-;;;. The number of fused-ring (bicyclic) bond motifs is 1. The van der Waals surface area contributed by atoms with Crippen LogP contribution < -0.4 is 10.2 Å². The molecule has 1 spiro atoms. The zero-order valence-corrected chi connectivity index (χ0v) is 26.5. The summed E-state index contributed by atoms with van der Waals surface area (Å²) < 4.78 is 45.6. The van der Waals surface area contributed by atoms with Gasteiger partial charge in [0, 0.05) is 44.1 Å². The van der Waals surface area contributed by atoms with Crippen LogP contribution in [0, 0.1) is 18.8 Å². The minimum absolute atomic E-state index is 0.111. The van der Waals surface area contributed by atoms with Gasteiger partial charge in [0.1, 0.15) is 17.3 Å². The van der Waals surface area contributed by atoms with E-state index in [4.69, 9.17) is 9.84 Å². The van der Waals surface area contributed by atoms with Crippen molar-refractivity contribution in [2.24, 2.45) is 10.9 Å². The molecule has 0 radical (unpaired) electrons. The smallest absolute Gasteiger partial charge is 0.416 e. The highest BCUT2D eigenvalue weighted by atomic mass is 19.4. The number of carboxylic acids is 1. The number of piperidine rings is 1. The van der Waals surface area contributed by atoms with Crippen LogP contribution in [0.5, 0.6) is 0 Å². The summed E-state index contributed by atoms with van der Waals surface area (Å²) in [5.74, 6) is 2.23. The van der Waals surface area contributed by atoms with Gasteiger partial charge in [0.15, 0.2) is 0 Å². The third-order valence-electron chi connectivity index (χ3n) is 7.76. The van der Waals surface area contributed by atoms with Crippen molar-refractivity contribution in [3.05, 3.63) is 71.2 Å². The van der Waals surface area contributed by atoms with Gasteiger partial charge in [-0.3, -0.25) is 9.79 Å². The summed E-state index contributed by atoms with van der Waals surface area (Å²) in [5, 5.41) is 10.8. The van der Waals surface area contributed by atoms with E-state index in [0.29, 0.717) is 11.8 Å². The maximum absolute atomic E-state index is 13.0. The van der Waals surface area contributed by atoms with E-state index < -0.39 is 23.8 Å². The number of pyridine rings is 1. The van der Waals surface area contributed by atoms with Gasteiger partial charge in [-0.2, -0.15) is 13.2 Å². The van der Waals surface area contributed by atoms with E-state index in [-0.39, 0.29) is 18.1 Å². The van der Waals surface area contributed by atoms with Crippen molar-refractivity contribution in [2.45, 2.75) is 91.1 Å². The first-order valence-electron chi connectivity index (χ1n) is 15.0. The molecule has 3 atom stereocenters. The number of halogens is 3. The second-order valence-electron chi connectivity index (χ2n) is 10.7. The van der Waals surface area contributed by atoms with Gasteiger partial charge < -0.3 is 20.1 Å². The molecule has 1 aromatic heterocycles. The van der Waals surface area contributed by atoms with Crippen LogP contribution in [-0.2, 0) is 9.53 Å². The molecule has 1 saturated heterocycles. The minimum atomic E-state index is -4.35. The Balaban J connectivity index is 0.000000673. The fourth-order valence-corrected chi connectivity index (χ4v) is 5.68. The first-order chi connectivity index (χ1) is 20.9. The number of nitrogens with one attached hydrogen (secondary N) is 1. The number of allylic oxidation sites excluding steroid dienone is 6. The number of carbonyl (C=O) groups is 1. The summed E-state index contributed by atoms with van der Waals surface area (Å²) >= 11 is 0.